The summed E-state index contributed by atoms with van der Waals surface area (Å²) in [5, 5.41) is 15.4. The zero-order valence-electron chi connectivity index (χ0n) is 10.5. The van der Waals surface area contributed by atoms with Gasteiger partial charge < -0.3 is 5.32 Å². The summed E-state index contributed by atoms with van der Waals surface area (Å²) in [6.07, 6.45) is 0. The van der Waals surface area contributed by atoms with Crippen molar-refractivity contribution in [2.45, 2.75) is 13.0 Å². The maximum Gasteiger partial charge on any atom is 0.270 e. The molecule has 0 radical (unpaired) electrons. The number of carbonyl (C=O) groups excluding carboxylic acids is 1. The number of hydrogen-bond donors (Lipinski definition) is 1. The smallest absolute Gasteiger partial charge is 0.270 e. The predicted octanol–water partition coefficient (Wildman–Crippen LogP) is 3.80. The Hall–Kier alpha value is -1.92. The van der Waals surface area contributed by atoms with Gasteiger partial charge in [-0.2, -0.15) is 0 Å². The fraction of sp³-hybridized carbons (Fsp3) is 0.154. The number of rotatable bonds is 4. The number of amides is 1. The first-order valence-electron chi connectivity index (χ1n) is 5.77. The van der Waals surface area contributed by atoms with Gasteiger partial charge in [-0.05, 0) is 24.4 Å². The average Bonchev–Trinajstić information content (AvgIpc) is 2.92. The number of halogens is 1. The second-order valence-corrected chi connectivity index (χ2v) is 5.52. The van der Waals surface area contributed by atoms with Crippen molar-refractivity contribution in [2.24, 2.45) is 0 Å². The minimum Gasteiger partial charge on any atom is -0.345 e. The van der Waals surface area contributed by atoms with Crippen molar-refractivity contribution in [2.75, 3.05) is 0 Å². The van der Waals surface area contributed by atoms with E-state index in [1.165, 1.54) is 18.2 Å². The van der Waals surface area contributed by atoms with Crippen LogP contribution in [0.15, 0.2) is 35.7 Å². The SMILES string of the molecule is C[C@H](NC(=O)c1ccc([N+](=O)[O-])cc1Cl)c1cccs1. The molecule has 2 rings (SSSR count). The third kappa shape index (κ3) is 3.15. The molecule has 0 aliphatic rings. The lowest BCUT2D eigenvalue weighted by Crippen LogP contribution is -2.26. The highest BCUT2D eigenvalue weighted by Gasteiger charge is 2.17. The first-order chi connectivity index (χ1) is 9.49. The van der Waals surface area contributed by atoms with Crippen molar-refractivity contribution in [1.82, 2.24) is 5.32 Å². The third-order valence-corrected chi connectivity index (χ3v) is 4.09. The van der Waals surface area contributed by atoms with E-state index in [1.807, 2.05) is 24.4 Å². The minimum absolute atomic E-state index is 0.0649. The molecule has 1 amide bonds. The fourth-order valence-electron chi connectivity index (χ4n) is 1.68. The van der Waals surface area contributed by atoms with Crippen molar-refractivity contribution < 1.29 is 9.72 Å². The maximum atomic E-state index is 12.1. The van der Waals surface area contributed by atoms with Crippen LogP contribution in [0.4, 0.5) is 5.69 Å². The van der Waals surface area contributed by atoms with Crippen molar-refractivity contribution in [3.63, 3.8) is 0 Å². The Kier molecular flexibility index (Phi) is 4.36. The van der Waals surface area contributed by atoms with Gasteiger partial charge in [0.2, 0.25) is 0 Å². The summed E-state index contributed by atoms with van der Waals surface area (Å²) < 4.78 is 0. The van der Waals surface area contributed by atoms with Crippen LogP contribution in [-0.2, 0) is 0 Å². The van der Waals surface area contributed by atoms with E-state index < -0.39 is 4.92 Å². The maximum absolute atomic E-state index is 12.1. The van der Waals surface area contributed by atoms with Crippen LogP contribution in [0.3, 0.4) is 0 Å². The van der Waals surface area contributed by atoms with E-state index in [4.69, 9.17) is 11.6 Å². The van der Waals surface area contributed by atoms with Crippen LogP contribution in [0.25, 0.3) is 0 Å². The number of thiophene rings is 1. The lowest BCUT2D eigenvalue weighted by Gasteiger charge is -2.12. The number of nitrogens with zero attached hydrogens (tertiary/aromatic N) is 1. The number of carbonyl (C=O) groups is 1. The van der Waals surface area contributed by atoms with Crippen LogP contribution >= 0.6 is 22.9 Å². The van der Waals surface area contributed by atoms with Crippen LogP contribution in [0.2, 0.25) is 5.02 Å². The molecule has 0 bridgehead atoms. The Morgan fingerprint density at radius 3 is 2.75 bits per heavy atom. The average molecular weight is 311 g/mol. The van der Waals surface area contributed by atoms with Gasteiger partial charge in [0.1, 0.15) is 0 Å². The van der Waals surface area contributed by atoms with Gasteiger partial charge in [-0.1, -0.05) is 17.7 Å². The van der Waals surface area contributed by atoms with E-state index in [-0.39, 0.29) is 28.2 Å². The monoisotopic (exact) mass is 310 g/mol. The summed E-state index contributed by atoms with van der Waals surface area (Å²) in [6, 6.07) is 7.47. The second-order valence-electron chi connectivity index (χ2n) is 4.13. The normalized spacial score (nSPS) is 11.9. The molecular formula is C13H11ClN2O3S. The van der Waals surface area contributed by atoms with Crippen LogP contribution in [-0.4, -0.2) is 10.8 Å². The Balaban J connectivity index is 2.15. The van der Waals surface area contributed by atoms with Gasteiger partial charge in [-0.15, -0.1) is 11.3 Å². The van der Waals surface area contributed by atoms with Crippen LogP contribution in [0, 0.1) is 10.1 Å². The number of nitrogens with one attached hydrogen (secondary N) is 1. The highest BCUT2D eigenvalue weighted by atomic mass is 35.5. The summed E-state index contributed by atoms with van der Waals surface area (Å²) in [5.74, 6) is -0.356. The van der Waals surface area contributed by atoms with E-state index in [1.54, 1.807) is 11.3 Å². The van der Waals surface area contributed by atoms with Crippen molar-refractivity contribution in [3.05, 3.63) is 61.3 Å². The van der Waals surface area contributed by atoms with Crippen LogP contribution in [0.1, 0.15) is 28.2 Å². The molecule has 0 saturated carbocycles. The largest absolute Gasteiger partial charge is 0.345 e. The summed E-state index contributed by atoms with van der Waals surface area (Å²) in [6.45, 7) is 1.86. The van der Waals surface area contributed by atoms with Crippen molar-refractivity contribution in [1.29, 1.82) is 0 Å². The molecule has 5 nitrogen and oxygen atoms in total. The lowest BCUT2D eigenvalue weighted by atomic mass is 10.1. The molecule has 2 aromatic rings. The second kappa shape index (κ2) is 6.02. The van der Waals surface area contributed by atoms with Gasteiger partial charge >= 0.3 is 0 Å². The van der Waals surface area contributed by atoms with Crippen molar-refractivity contribution in [3.8, 4) is 0 Å². The van der Waals surface area contributed by atoms with E-state index in [0.717, 1.165) is 4.88 Å². The quantitative estimate of drug-likeness (QED) is 0.689. The molecular weight excluding hydrogens is 300 g/mol. The van der Waals surface area contributed by atoms with E-state index in [9.17, 15) is 14.9 Å². The molecule has 0 spiro atoms. The minimum atomic E-state index is -0.554. The molecule has 0 aliphatic carbocycles. The molecule has 0 aliphatic heterocycles. The Labute approximate surface area is 124 Å². The zero-order chi connectivity index (χ0) is 14.7. The van der Waals surface area contributed by atoms with E-state index >= 15 is 0 Å². The van der Waals surface area contributed by atoms with Gasteiger partial charge in [0.05, 0.1) is 21.6 Å². The fourth-order valence-corrected chi connectivity index (χ4v) is 2.68. The Bertz CT molecular complexity index is 643. The number of non-ortho nitro benzene ring substituents is 1. The summed E-state index contributed by atoms with van der Waals surface area (Å²) >= 11 is 7.46. The molecule has 7 heteroatoms. The van der Waals surface area contributed by atoms with Gasteiger partial charge in [0.25, 0.3) is 11.6 Å². The molecule has 1 atom stereocenters. The predicted molar refractivity (Wildman–Crippen MR) is 78.3 cm³/mol. The topological polar surface area (TPSA) is 72.2 Å². The standard InChI is InChI=1S/C13H11ClN2O3S/c1-8(12-3-2-6-20-12)15-13(17)10-5-4-9(16(18)19)7-11(10)14/h2-8H,1H3,(H,15,17)/t8-/m0/s1. The zero-order valence-corrected chi connectivity index (χ0v) is 12.1. The highest BCUT2D eigenvalue weighted by Crippen LogP contribution is 2.24. The number of nitro benzene ring substituents is 1. The van der Waals surface area contributed by atoms with E-state index in [0.29, 0.717) is 0 Å². The first-order valence-corrected chi connectivity index (χ1v) is 7.03. The lowest BCUT2D eigenvalue weighted by molar-refractivity contribution is -0.384. The first kappa shape index (κ1) is 14.5. The number of benzene rings is 1. The van der Waals surface area contributed by atoms with Crippen molar-refractivity contribution >= 4 is 34.5 Å². The molecule has 104 valence electrons. The highest BCUT2D eigenvalue weighted by molar-refractivity contribution is 7.10. The third-order valence-electron chi connectivity index (χ3n) is 2.73. The summed E-state index contributed by atoms with van der Waals surface area (Å²) in [4.78, 5) is 23.2. The molecule has 1 N–H and O–H groups in total. The summed E-state index contributed by atoms with van der Waals surface area (Å²) in [5.41, 5.74) is 0.0820. The number of hydrogen-bond acceptors (Lipinski definition) is 4. The van der Waals surface area contributed by atoms with Gasteiger partial charge in [0, 0.05) is 17.0 Å². The molecule has 1 aromatic heterocycles. The molecule has 0 fully saturated rings. The Morgan fingerprint density at radius 2 is 2.20 bits per heavy atom. The van der Waals surface area contributed by atoms with E-state index in [2.05, 4.69) is 5.32 Å². The molecule has 1 heterocycles. The van der Waals surface area contributed by atoms with Crippen LogP contribution < -0.4 is 5.32 Å². The summed E-state index contributed by atoms with van der Waals surface area (Å²) in [7, 11) is 0. The van der Waals surface area contributed by atoms with Crippen LogP contribution in [0.5, 0.6) is 0 Å². The number of nitro groups is 1. The van der Waals surface area contributed by atoms with Gasteiger partial charge in [-0.3, -0.25) is 14.9 Å². The van der Waals surface area contributed by atoms with Gasteiger partial charge in [0.15, 0.2) is 0 Å². The Morgan fingerprint density at radius 1 is 1.45 bits per heavy atom. The molecule has 0 unspecified atom stereocenters. The molecule has 1 aromatic carbocycles. The molecule has 0 saturated heterocycles. The van der Waals surface area contributed by atoms with Gasteiger partial charge in [-0.25, -0.2) is 0 Å². The molecule has 20 heavy (non-hydrogen) atoms.